The molecule has 0 spiro atoms. The molecule has 3 aromatic rings. The lowest BCUT2D eigenvalue weighted by Gasteiger charge is -2.16. The maximum atomic E-state index is 12.7. The molecule has 2 unspecified atom stereocenters. The number of aromatic nitrogens is 4. The van der Waals surface area contributed by atoms with Crippen molar-refractivity contribution in [3.05, 3.63) is 54.2 Å². The summed E-state index contributed by atoms with van der Waals surface area (Å²) < 4.78 is 11.6. The Morgan fingerprint density at radius 1 is 1.23 bits per heavy atom. The van der Waals surface area contributed by atoms with Crippen LogP contribution in [0.2, 0.25) is 0 Å². The van der Waals surface area contributed by atoms with Crippen LogP contribution in [0.25, 0.3) is 0 Å². The van der Waals surface area contributed by atoms with Gasteiger partial charge in [0, 0.05) is 25.8 Å². The average molecular weight is 427 g/mol. The van der Waals surface area contributed by atoms with Crippen LogP contribution >= 0.6 is 11.3 Å². The van der Waals surface area contributed by atoms with Crippen LogP contribution in [0.4, 0.5) is 10.9 Å². The number of benzene rings is 1. The Balaban J connectivity index is 1.34. The van der Waals surface area contributed by atoms with E-state index < -0.39 is 6.10 Å². The highest BCUT2D eigenvalue weighted by atomic mass is 32.1. The van der Waals surface area contributed by atoms with Crippen molar-refractivity contribution in [3.63, 3.8) is 0 Å². The molecule has 2 aromatic heterocycles. The standard InChI is InChI=1S/C20H22N6O3S/c1-2-28-17(14-7-4-3-5-8-14)18(27)22-19-24-25-20(30-19)29-15-10-12-26(13-15)16-9-6-11-21-23-16/h3-9,11,15,17H,2,10,12-13H2,1H3,(H,22,24,27). The van der Waals surface area contributed by atoms with E-state index in [4.69, 9.17) is 9.47 Å². The van der Waals surface area contributed by atoms with Crippen molar-refractivity contribution >= 4 is 28.2 Å². The molecule has 1 fully saturated rings. The molecular weight excluding hydrogens is 404 g/mol. The van der Waals surface area contributed by atoms with Crippen LogP contribution in [0.15, 0.2) is 48.7 Å². The summed E-state index contributed by atoms with van der Waals surface area (Å²) in [5.74, 6) is 0.539. The van der Waals surface area contributed by atoms with Crippen LogP contribution in [-0.4, -0.2) is 52.1 Å². The van der Waals surface area contributed by atoms with E-state index in [1.807, 2.05) is 49.4 Å². The molecule has 1 saturated heterocycles. The number of ether oxygens (including phenoxy) is 2. The SMILES string of the molecule is CCOC(C(=O)Nc1nnc(OC2CCN(c3cccnn3)C2)s1)c1ccccc1. The number of nitrogens with one attached hydrogen (secondary N) is 1. The van der Waals surface area contributed by atoms with Gasteiger partial charge in [-0.25, -0.2) is 0 Å². The Hall–Kier alpha value is -3.11. The zero-order valence-corrected chi connectivity index (χ0v) is 17.3. The zero-order valence-electron chi connectivity index (χ0n) is 16.5. The van der Waals surface area contributed by atoms with Crippen molar-refractivity contribution in [1.29, 1.82) is 0 Å². The third-order valence-corrected chi connectivity index (χ3v) is 5.33. The Kier molecular flexibility index (Phi) is 6.45. The summed E-state index contributed by atoms with van der Waals surface area (Å²) in [6.07, 6.45) is 1.76. The van der Waals surface area contributed by atoms with Gasteiger partial charge in [0.15, 0.2) is 11.9 Å². The van der Waals surface area contributed by atoms with E-state index in [-0.39, 0.29) is 12.0 Å². The summed E-state index contributed by atoms with van der Waals surface area (Å²) in [6.45, 7) is 3.80. The minimum absolute atomic E-state index is 0.0241. The van der Waals surface area contributed by atoms with Gasteiger partial charge in [-0.05, 0) is 36.0 Å². The molecule has 4 rings (SSSR count). The topological polar surface area (TPSA) is 102 Å². The van der Waals surface area contributed by atoms with Crippen LogP contribution in [-0.2, 0) is 9.53 Å². The van der Waals surface area contributed by atoms with Gasteiger partial charge in [-0.15, -0.1) is 10.2 Å². The third-order valence-electron chi connectivity index (χ3n) is 4.61. The van der Waals surface area contributed by atoms with E-state index in [2.05, 4.69) is 30.6 Å². The summed E-state index contributed by atoms with van der Waals surface area (Å²) >= 11 is 1.20. The van der Waals surface area contributed by atoms with Gasteiger partial charge in [-0.1, -0.05) is 35.4 Å². The van der Waals surface area contributed by atoms with Crippen molar-refractivity contribution in [2.75, 3.05) is 29.9 Å². The number of amides is 1. The van der Waals surface area contributed by atoms with Gasteiger partial charge in [-0.2, -0.15) is 5.10 Å². The molecule has 3 heterocycles. The zero-order chi connectivity index (χ0) is 20.8. The van der Waals surface area contributed by atoms with Gasteiger partial charge >= 0.3 is 0 Å². The number of carbonyl (C=O) groups excluding carboxylic acids is 1. The molecule has 2 atom stereocenters. The van der Waals surface area contributed by atoms with Crippen molar-refractivity contribution in [3.8, 4) is 5.19 Å². The van der Waals surface area contributed by atoms with Crippen molar-refractivity contribution in [2.24, 2.45) is 0 Å². The number of hydrogen-bond donors (Lipinski definition) is 1. The summed E-state index contributed by atoms with van der Waals surface area (Å²) in [7, 11) is 0. The van der Waals surface area contributed by atoms with Crippen LogP contribution in [0, 0.1) is 0 Å². The van der Waals surface area contributed by atoms with E-state index in [0.717, 1.165) is 24.3 Å². The van der Waals surface area contributed by atoms with E-state index in [0.29, 0.717) is 23.5 Å². The molecule has 1 aliphatic heterocycles. The number of rotatable bonds is 8. The first-order chi connectivity index (χ1) is 14.7. The monoisotopic (exact) mass is 426 g/mol. The van der Waals surface area contributed by atoms with Crippen LogP contribution in [0.5, 0.6) is 5.19 Å². The van der Waals surface area contributed by atoms with E-state index >= 15 is 0 Å². The van der Waals surface area contributed by atoms with Crippen molar-refractivity contribution in [1.82, 2.24) is 20.4 Å². The molecule has 1 N–H and O–H groups in total. The molecular formula is C20H22N6O3S. The second kappa shape index (κ2) is 9.59. The van der Waals surface area contributed by atoms with E-state index in [1.54, 1.807) is 6.20 Å². The first kappa shape index (κ1) is 20.2. The molecule has 0 bridgehead atoms. The maximum Gasteiger partial charge on any atom is 0.296 e. The quantitative estimate of drug-likeness (QED) is 0.587. The molecule has 0 aliphatic carbocycles. The third kappa shape index (κ3) is 4.89. The van der Waals surface area contributed by atoms with Gasteiger partial charge in [0.1, 0.15) is 6.10 Å². The molecule has 30 heavy (non-hydrogen) atoms. The largest absolute Gasteiger partial charge is 0.464 e. The highest BCUT2D eigenvalue weighted by molar-refractivity contribution is 7.17. The van der Waals surface area contributed by atoms with Crippen molar-refractivity contribution in [2.45, 2.75) is 25.6 Å². The Labute approximate surface area is 178 Å². The lowest BCUT2D eigenvalue weighted by molar-refractivity contribution is -0.127. The molecule has 0 saturated carbocycles. The molecule has 1 amide bonds. The van der Waals surface area contributed by atoms with Crippen LogP contribution in [0.1, 0.15) is 25.0 Å². The van der Waals surface area contributed by atoms with E-state index in [1.165, 1.54) is 11.3 Å². The minimum atomic E-state index is -0.708. The second-order valence-electron chi connectivity index (χ2n) is 6.66. The second-order valence-corrected chi connectivity index (χ2v) is 7.60. The highest BCUT2D eigenvalue weighted by Crippen LogP contribution is 2.28. The predicted octanol–water partition coefficient (Wildman–Crippen LogP) is 2.70. The lowest BCUT2D eigenvalue weighted by Crippen LogP contribution is -2.25. The van der Waals surface area contributed by atoms with Crippen LogP contribution < -0.4 is 15.0 Å². The average Bonchev–Trinajstić information content (AvgIpc) is 3.43. The molecule has 1 aromatic carbocycles. The summed E-state index contributed by atoms with van der Waals surface area (Å²) in [5, 5.41) is 19.7. The number of carbonyl (C=O) groups is 1. The molecule has 9 nitrogen and oxygen atoms in total. The highest BCUT2D eigenvalue weighted by Gasteiger charge is 2.27. The fourth-order valence-corrected chi connectivity index (χ4v) is 3.90. The first-order valence-electron chi connectivity index (χ1n) is 9.73. The van der Waals surface area contributed by atoms with Gasteiger partial charge in [0.25, 0.3) is 11.1 Å². The lowest BCUT2D eigenvalue weighted by atomic mass is 10.1. The Morgan fingerprint density at radius 2 is 2.10 bits per heavy atom. The van der Waals surface area contributed by atoms with Gasteiger partial charge in [0.2, 0.25) is 5.13 Å². The van der Waals surface area contributed by atoms with Crippen molar-refractivity contribution < 1.29 is 14.3 Å². The molecule has 156 valence electrons. The van der Waals surface area contributed by atoms with E-state index in [9.17, 15) is 4.79 Å². The Bertz CT molecular complexity index is 955. The normalized spacial score (nSPS) is 17.0. The maximum absolute atomic E-state index is 12.7. The van der Waals surface area contributed by atoms with Gasteiger partial charge < -0.3 is 14.4 Å². The predicted molar refractivity (Wildman–Crippen MR) is 113 cm³/mol. The smallest absolute Gasteiger partial charge is 0.296 e. The fourth-order valence-electron chi connectivity index (χ4n) is 3.23. The summed E-state index contributed by atoms with van der Waals surface area (Å²) in [6, 6.07) is 13.1. The number of anilines is 2. The fraction of sp³-hybridized carbons (Fsp3) is 0.350. The van der Waals surface area contributed by atoms with Gasteiger partial charge in [0.05, 0.1) is 6.54 Å². The number of hydrogen-bond acceptors (Lipinski definition) is 9. The molecule has 0 radical (unpaired) electrons. The summed E-state index contributed by atoms with van der Waals surface area (Å²) in [4.78, 5) is 14.8. The van der Waals surface area contributed by atoms with Crippen LogP contribution in [0.3, 0.4) is 0 Å². The minimum Gasteiger partial charge on any atom is -0.464 e. The molecule has 1 aliphatic rings. The Morgan fingerprint density at radius 3 is 2.87 bits per heavy atom. The first-order valence-corrected chi connectivity index (χ1v) is 10.5. The van der Waals surface area contributed by atoms with Gasteiger partial charge in [-0.3, -0.25) is 10.1 Å². The summed E-state index contributed by atoms with van der Waals surface area (Å²) in [5.41, 5.74) is 0.785. The molecule has 10 heteroatoms. The number of nitrogens with zero attached hydrogens (tertiary/aromatic N) is 5.